The van der Waals surface area contributed by atoms with Gasteiger partial charge in [-0.1, -0.05) is 0 Å². The minimum atomic E-state index is -4.15. The lowest BCUT2D eigenvalue weighted by Crippen LogP contribution is -2.57. The third kappa shape index (κ3) is 3.41. The average Bonchev–Trinajstić information content (AvgIpc) is 3.37. The number of esters is 3. The first-order chi connectivity index (χ1) is 16.1. The summed E-state index contributed by atoms with van der Waals surface area (Å²) in [5.74, 6) is -3.26. The van der Waals surface area contributed by atoms with Crippen LogP contribution in [0.5, 0.6) is 0 Å². The Morgan fingerprint density at radius 3 is 2.47 bits per heavy atom. The third-order valence-electron chi connectivity index (χ3n) is 9.51. The Hall–Kier alpha value is -1.72. The van der Waals surface area contributed by atoms with Crippen LogP contribution in [-0.4, -0.2) is 66.7 Å². The van der Waals surface area contributed by atoms with Gasteiger partial charge < -0.3 is 19.3 Å². The van der Waals surface area contributed by atoms with Gasteiger partial charge in [-0.15, -0.1) is 0 Å². The molecule has 7 aliphatic rings. The molecule has 1 heterocycles. The van der Waals surface area contributed by atoms with Crippen molar-refractivity contribution >= 4 is 28.0 Å². The van der Waals surface area contributed by atoms with E-state index in [0.29, 0.717) is 25.2 Å². The first-order valence-corrected chi connectivity index (χ1v) is 13.9. The van der Waals surface area contributed by atoms with Crippen LogP contribution < -0.4 is 0 Å². The fourth-order valence-electron chi connectivity index (χ4n) is 8.48. The van der Waals surface area contributed by atoms with Crippen molar-refractivity contribution in [2.75, 3.05) is 12.4 Å². The van der Waals surface area contributed by atoms with E-state index >= 15 is 0 Å². The van der Waals surface area contributed by atoms with Gasteiger partial charge in [0.05, 0.1) is 35.7 Å². The molecule has 34 heavy (non-hydrogen) atoms. The maximum atomic E-state index is 13.5. The van der Waals surface area contributed by atoms with E-state index in [9.17, 15) is 27.9 Å². The SMILES string of the molecule is O=C1OC2C3CC(C2OC(=O)C24CC5CC(C2)C(O)C(C5)C4)C(C(=O)OCCCS(=O)(=O)O)C13. The van der Waals surface area contributed by atoms with E-state index in [0.717, 1.165) is 19.3 Å². The quantitative estimate of drug-likeness (QED) is 0.222. The molecule has 6 aliphatic carbocycles. The van der Waals surface area contributed by atoms with Crippen molar-refractivity contribution in [2.24, 2.45) is 46.8 Å². The van der Waals surface area contributed by atoms with Gasteiger partial charge >= 0.3 is 17.9 Å². The van der Waals surface area contributed by atoms with E-state index in [1.165, 1.54) is 0 Å². The second kappa shape index (κ2) is 7.64. The molecule has 6 bridgehead atoms. The molecule has 0 aromatic carbocycles. The summed E-state index contributed by atoms with van der Waals surface area (Å²) in [4.78, 5) is 39.0. The fourth-order valence-corrected chi connectivity index (χ4v) is 8.96. The Kier molecular flexibility index (Phi) is 5.10. The van der Waals surface area contributed by atoms with E-state index in [1.54, 1.807) is 0 Å². The Morgan fingerprint density at radius 1 is 1.09 bits per heavy atom. The monoisotopic (exact) mass is 498 g/mol. The molecule has 188 valence electrons. The zero-order valence-electron chi connectivity index (χ0n) is 18.7. The summed E-state index contributed by atoms with van der Waals surface area (Å²) >= 11 is 0. The van der Waals surface area contributed by atoms with Crippen LogP contribution in [-0.2, 0) is 38.7 Å². The summed E-state index contributed by atoms with van der Waals surface area (Å²) in [5, 5.41) is 10.5. The number of carbonyl (C=O) groups is 3. The van der Waals surface area contributed by atoms with Gasteiger partial charge in [0, 0.05) is 11.8 Å². The number of rotatable bonds is 7. The van der Waals surface area contributed by atoms with Gasteiger partial charge in [-0.2, -0.15) is 8.42 Å². The lowest BCUT2D eigenvalue weighted by molar-refractivity contribution is -0.197. The van der Waals surface area contributed by atoms with Crippen LogP contribution in [0.25, 0.3) is 0 Å². The summed E-state index contributed by atoms with van der Waals surface area (Å²) in [7, 11) is -4.15. The molecule has 8 unspecified atom stereocenters. The molecule has 7 rings (SSSR count). The van der Waals surface area contributed by atoms with Crippen molar-refractivity contribution in [2.45, 2.75) is 63.3 Å². The third-order valence-corrected chi connectivity index (χ3v) is 10.3. The van der Waals surface area contributed by atoms with Crippen LogP contribution in [0.1, 0.15) is 44.9 Å². The summed E-state index contributed by atoms with van der Waals surface area (Å²) in [6.07, 6.45) is 2.78. The molecule has 8 atom stereocenters. The van der Waals surface area contributed by atoms with Crippen molar-refractivity contribution in [3.63, 3.8) is 0 Å². The van der Waals surface area contributed by atoms with Crippen molar-refractivity contribution in [3.05, 3.63) is 0 Å². The van der Waals surface area contributed by atoms with Gasteiger partial charge in [0.1, 0.15) is 12.2 Å². The number of hydrogen-bond donors (Lipinski definition) is 2. The first-order valence-electron chi connectivity index (χ1n) is 12.3. The molecule has 2 N–H and O–H groups in total. The molecule has 0 radical (unpaired) electrons. The van der Waals surface area contributed by atoms with Gasteiger partial charge in [0.2, 0.25) is 0 Å². The van der Waals surface area contributed by atoms with Gasteiger partial charge in [-0.3, -0.25) is 18.9 Å². The molecule has 0 spiro atoms. The largest absolute Gasteiger partial charge is 0.465 e. The topological polar surface area (TPSA) is 154 Å². The van der Waals surface area contributed by atoms with Crippen molar-refractivity contribution in [3.8, 4) is 0 Å². The lowest BCUT2D eigenvalue weighted by atomic mass is 9.48. The van der Waals surface area contributed by atoms with E-state index < -0.39 is 57.3 Å². The molecule has 10 nitrogen and oxygen atoms in total. The van der Waals surface area contributed by atoms with Crippen molar-refractivity contribution < 1.29 is 46.7 Å². The van der Waals surface area contributed by atoms with Gasteiger partial charge in [0.15, 0.2) is 0 Å². The van der Waals surface area contributed by atoms with Crippen LogP contribution in [0.15, 0.2) is 0 Å². The second-order valence-electron chi connectivity index (χ2n) is 11.4. The molecular formula is C23H30O10S. The van der Waals surface area contributed by atoms with Crippen LogP contribution in [0.2, 0.25) is 0 Å². The first kappa shape index (κ1) is 22.7. The Bertz CT molecular complexity index is 1010. The zero-order chi connectivity index (χ0) is 24.0. The van der Waals surface area contributed by atoms with Gasteiger partial charge in [0.25, 0.3) is 10.1 Å². The lowest BCUT2D eigenvalue weighted by Gasteiger charge is -2.57. The highest BCUT2D eigenvalue weighted by Crippen LogP contribution is 2.62. The predicted octanol–water partition coefficient (Wildman–Crippen LogP) is 0.714. The predicted molar refractivity (Wildman–Crippen MR) is 112 cm³/mol. The maximum absolute atomic E-state index is 13.5. The molecule has 0 aromatic rings. The minimum Gasteiger partial charge on any atom is -0.465 e. The van der Waals surface area contributed by atoms with E-state index in [2.05, 4.69) is 0 Å². The molecule has 11 heteroatoms. The summed E-state index contributed by atoms with van der Waals surface area (Å²) in [5.41, 5.74) is -0.606. The molecule has 1 aliphatic heterocycles. The van der Waals surface area contributed by atoms with Crippen LogP contribution in [0.4, 0.5) is 0 Å². The summed E-state index contributed by atoms with van der Waals surface area (Å²) in [6, 6.07) is 0. The fraction of sp³-hybridized carbons (Fsp3) is 0.870. The zero-order valence-corrected chi connectivity index (χ0v) is 19.5. The van der Waals surface area contributed by atoms with Crippen molar-refractivity contribution in [1.82, 2.24) is 0 Å². The molecular weight excluding hydrogens is 468 g/mol. The van der Waals surface area contributed by atoms with Crippen LogP contribution >= 0.6 is 0 Å². The number of hydrogen-bond acceptors (Lipinski definition) is 9. The molecule has 1 saturated heterocycles. The molecule has 0 aromatic heterocycles. The number of ether oxygens (including phenoxy) is 3. The highest BCUT2D eigenvalue weighted by Gasteiger charge is 2.71. The van der Waals surface area contributed by atoms with Crippen LogP contribution in [0, 0.1) is 46.8 Å². The van der Waals surface area contributed by atoms with Crippen molar-refractivity contribution in [1.29, 1.82) is 0 Å². The Labute approximate surface area is 197 Å². The molecule has 0 amide bonds. The molecule has 7 fully saturated rings. The Morgan fingerprint density at radius 2 is 1.79 bits per heavy atom. The minimum absolute atomic E-state index is 0.0561. The van der Waals surface area contributed by atoms with Crippen LogP contribution in [0.3, 0.4) is 0 Å². The van der Waals surface area contributed by atoms with Gasteiger partial charge in [-0.05, 0) is 62.7 Å². The normalized spacial score (nSPS) is 47.6. The van der Waals surface area contributed by atoms with E-state index in [-0.39, 0.29) is 48.8 Å². The standard InChI is InChI=1S/C23H30O10S/c24-17-11-4-10-5-12(17)9-23(7-10,8-11)22(27)33-19-13-6-14-16(21(26)32-18(14)19)15(13)20(25)31-2-1-3-34(28,29)30/h10-19,24H,1-9H2,(H,28,29,30). The van der Waals surface area contributed by atoms with E-state index in [1.807, 2.05) is 0 Å². The number of aliphatic hydroxyl groups excluding tert-OH is 1. The highest BCUT2D eigenvalue weighted by molar-refractivity contribution is 7.85. The highest BCUT2D eigenvalue weighted by atomic mass is 32.2. The smallest absolute Gasteiger partial charge is 0.312 e. The van der Waals surface area contributed by atoms with Gasteiger partial charge in [-0.25, -0.2) is 0 Å². The second-order valence-corrected chi connectivity index (χ2v) is 13.0. The summed E-state index contributed by atoms with van der Waals surface area (Å²) < 4.78 is 47.5. The number of fused-ring (bicyclic) bond motifs is 1. The Balaban J connectivity index is 1.16. The maximum Gasteiger partial charge on any atom is 0.312 e. The average molecular weight is 499 g/mol. The van der Waals surface area contributed by atoms with E-state index in [4.69, 9.17) is 18.8 Å². The number of carbonyl (C=O) groups excluding carboxylic acids is 3. The molecule has 6 saturated carbocycles. The number of aliphatic hydroxyl groups is 1. The summed E-state index contributed by atoms with van der Waals surface area (Å²) in [6.45, 7) is -0.197.